The van der Waals surface area contributed by atoms with Gasteiger partial charge in [0.25, 0.3) is 0 Å². The van der Waals surface area contributed by atoms with Crippen molar-refractivity contribution in [1.29, 1.82) is 0 Å². The van der Waals surface area contributed by atoms with Crippen molar-refractivity contribution in [3.8, 4) is 0 Å². The molecule has 2 aliphatic heterocycles. The number of carboxylic acid groups (broad SMARTS) is 1. The first-order valence-electron chi connectivity index (χ1n) is 7.85. The van der Waals surface area contributed by atoms with E-state index < -0.39 is 5.97 Å². The summed E-state index contributed by atoms with van der Waals surface area (Å²) < 4.78 is 5.44. The van der Waals surface area contributed by atoms with Gasteiger partial charge < -0.3 is 14.7 Å². The molecule has 5 heteroatoms. The van der Waals surface area contributed by atoms with Crippen molar-refractivity contribution in [2.45, 2.75) is 45.2 Å². The van der Waals surface area contributed by atoms with Gasteiger partial charge in [-0.2, -0.15) is 0 Å². The fourth-order valence-corrected chi connectivity index (χ4v) is 3.50. The van der Waals surface area contributed by atoms with Crippen molar-refractivity contribution >= 4 is 5.97 Å². The lowest BCUT2D eigenvalue weighted by atomic mass is 9.86. The van der Waals surface area contributed by atoms with Crippen molar-refractivity contribution in [3.63, 3.8) is 0 Å². The summed E-state index contributed by atoms with van der Waals surface area (Å²) in [5.74, 6) is -0.201. The molecule has 5 nitrogen and oxygen atoms in total. The SMILES string of the molecule is CC(C)N1CC[C@@H](N2CCOCC2)[C@@H](CCC(=O)O)C1. The Morgan fingerprint density at radius 1 is 1.30 bits per heavy atom. The second-order valence-electron chi connectivity index (χ2n) is 6.29. The summed E-state index contributed by atoms with van der Waals surface area (Å²) in [5.41, 5.74) is 0. The smallest absolute Gasteiger partial charge is 0.303 e. The third-order valence-electron chi connectivity index (χ3n) is 4.70. The Kier molecular flexibility index (Phi) is 5.81. The number of rotatable bonds is 5. The molecule has 0 bridgehead atoms. The second-order valence-corrected chi connectivity index (χ2v) is 6.29. The molecule has 0 aliphatic carbocycles. The number of piperidine rings is 1. The maximum absolute atomic E-state index is 10.9. The predicted octanol–water partition coefficient (Wildman–Crippen LogP) is 1.28. The maximum atomic E-state index is 10.9. The molecule has 0 aromatic rings. The second kappa shape index (κ2) is 7.38. The van der Waals surface area contributed by atoms with Gasteiger partial charge in [0.1, 0.15) is 0 Å². The summed E-state index contributed by atoms with van der Waals surface area (Å²) in [6, 6.07) is 1.08. The highest BCUT2D eigenvalue weighted by Crippen LogP contribution is 2.27. The first-order valence-corrected chi connectivity index (χ1v) is 7.85. The average molecular weight is 284 g/mol. The van der Waals surface area contributed by atoms with E-state index in [0.717, 1.165) is 52.2 Å². The summed E-state index contributed by atoms with van der Waals surface area (Å²) in [6.07, 6.45) is 2.24. The van der Waals surface area contributed by atoms with Gasteiger partial charge in [-0.3, -0.25) is 9.69 Å². The maximum Gasteiger partial charge on any atom is 0.303 e. The topological polar surface area (TPSA) is 53.0 Å². The van der Waals surface area contributed by atoms with E-state index in [2.05, 4.69) is 23.6 Å². The van der Waals surface area contributed by atoms with Crippen molar-refractivity contribution in [2.75, 3.05) is 39.4 Å². The number of carboxylic acids is 1. The number of aliphatic carboxylic acids is 1. The van der Waals surface area contributed by atoms with E-state index in [1.54, 1.807) is 0 Å². The predicted molar refractivity (Wildman–Crippen MR) is 77.9 cm³/mol. The van der Waals surface area contributed by atoms with Gasteiger partial charge >= 0.3 is 5.97 Å². The van der Waals surface area contributed by atoms with Crippen molar-refractivity contribution in [3.05, 3.63) is 0 Å². The largest absolute Gasteiger partial charge is 0.481 e. The zero-order chi connectivity index (χ0) is 14.5. The average Bonchev–Trinajstić information content (AvgIpc) is 2.45. The van der Waals surface area contributed by atoms with Crippen LogP contribution in [0.15, 0.2) is 0 Å². The summed E-state index contributed by atoms with van der Waals surface area (Å²) in [5, 5.41) is 8.97. The lowest BCUT2D eigenvalue weighted by molar-refractivity contribution is -0.137. The van der Waals surface area contributed by atoms with Gasteiger partial charge in [-0.1, -0.05) is 0 Å². The molecule has 1 N–H and O–H groups in total. The van der Waals surface area contributed by atoms with Crippen LogP contribution in [0.1, 0.15) is 33.1 Å². The molecular weight excluding hydrogens is 256 g/mol. The van der Waals surface area contributed by atoms with Crippen molar-refractivity contribution in [1.82, 2.24) is 9.80 Å². The van der Waals surface area contributed by atoms with E-state index in [9.17, 15) is 4.79 Å². The monoisotopic (exact) mass is 284 g/mol. The highest BCUT2D eigenvalue weighted by atomic mass is 16.5. The molecular formula is C15H28N2O3. The molecule has 20 heavy (non-hydrogen) atoms. The van der Waals surface area contributed by atoms with E-state index >= 15 is 0 Å². The highest BCUT2D eigenvalue weighted by molar-refractivity contribution is 5.66. The Balaban J connectivity index is 1.97. The van der Waals surface area contributed by atoms with Crippen LogP contribution in [0.25, 0.3) is 0 Å². The molecule has 2 rings (SSSR count). The lowest BCUT2D eigenvalue weighted by Crippen LogP contribution is -2.55. The molecule has 2 heterocycles. The third-order valence-corrected chi connectivity index (χ3v) is 4.70. The number of morpholine rings is 1. The van der Waals surface area contributed by atoms with E-state index in [4.69, 9.17) is 9.84 Å². The van der Waals surface area contributed by atoms with Crippen LogP contribution in [0.3, 0.4) is 0 Å². The number of ether oxygens (including phenoxy) is 1. The van der Waals surface area contributed by atoms with E-state index in [0.29, 0.717) is 18.0 Å². The van der Waals surface area contributed by atoms with Gasteiger partial charge in [-0.05, 0) is 39.2 Å². The first kappa shape index (κ1) is 15.7. The molecule has 2 atom stereocenters. The molecule has 116 valence electrons. The number of hydrogen-bond donors (Lipinski definition) is 1. The molecule has 0 amide bonds. The van der Waals surface area contributed by atoms with E-state index in [1.807, 2.05) is 0 Å². The fraction of sp³-hybridized carbons (Fsp3) is 0.933. The summed E-state index contributed by atoms with van der Waals surface area (Å²) in [6.45, 7) is 10.2. The minimum atomic E-state index is -0.674. The third kappa shape index (κ3) is 4.17. The molecule has 0 radical (unpaired) electrons. The first-order chi connectivity index (χ1) is 9.58. The van der Waals surface area contributed by atoms with Gasteiger partial charge in [0, 0.05) is 38.1 Å². The summed E-state index contributed by atoms with van der Waals surface area (Å²) in [4.78, 5) is 15.9. The van der Waals surface area contributed by atoms with Crippen LogP contribution in [0.4, 0.5) is 0 Å². The number of carbonyl (C=O) groups is 1. The van der Waals surface area contributed by atoms with Gasteiger partial charge in [0.2, 0.25) is 0 Å². The summed E-state index contributed by atoms with van der Waals surface area (Å²) >= 11 is 0. The minimum Gasteiger partial charge on any atom is -0.481 e. The van der Waals surface area contributed by atoms with Gasteiger partial charge in [0.05, 0.1) is 13.2 Å². The van der Waals surface area contributed by atoms with Crippen LogP contribution in [-0.2, 0) is 9.53 Å². The standard InChI is InChI=1S/C15H28N2O3/c1-12(2)17-6-5-14(16-7-9-20-10-8-16)13(11-17)3-4-15(18)19/h12-14H,3-11H2,1-2H3,(H,18,19)/t13-,14+/m0/s1. The van der Waals surface area contributed by atoms with Crippen molar-refractivity contribution in [2.24, 2.45) is 5.92 Å². The normalized spacial score (nSPS) is 29.8. The fourth-order valence-electron chi connectivity index (χ4n) is 3.50. The number of nitrogens with zero attached hydrogens (tertiary/aromatic N) is 2. The highest BCUT2D eigenvalue weighted by Gasteiger charge is 2.34. The molecule has 0 unspecified atom stereocenters. The Hall–Kier alpha value is -0.650. The minimum absolute atomic E-state index is 0.289. The van der Waals surface area contributed by atoms with Crippen LogP contribution < -0.4 is 0 Å². The molecule has 0 aromatic heterocycles. The van der Waals surface area contributed by atoms with Crippen molar-refractivity contribution < 1.29 is 14.6 Å². The number of hydrogen-bond acceptors (Lipinski definition) is 4. The number of likely N-dealkylation sites (tertiary alicyclic amines) is 1. The molecule has 0 saturated carbocycles. The zero-order valence-electron chi connectivity index (χ0n) is 12.8. The Labute approximate surface area is 121 Å². The van der Waals surface area contributed by atoms with E-state index in [-0.39, 0.29) is 6.42 Å². The molecule has 0 aromatic carbocycles. The molecule has 2 saturated heterocycles. The zero-order valence-corrected chi connectivity index (χ0v) is 12.8. The quantitative estimate of drug-likeness (QED) is 0.824. The van der Waals surface area contributed by atoms with Gasteiger partial charge in [0.15, 0.2) is 0 Å². The Morgan fingerprint density at radius 3 is 2.60 bits per heavy atom. The van der Waals surface area contributed by atoms with Gasteiger partial charge in [-0.15, -0.1) is 0 Å². The summed E-state index contributed by atoms with van der Waals surface area (Å²) in [7, 11) is 0. The van der Waals surface area contributed by atoms with E-state index in [1.165, 1.54) is 0 Å². The molecule has 2 fully saturated rings. The van der Waals surface area contributed by atoms with Crippen LogP contribution in [-0.4, -0.2) is 72.4 Å². The van der Waals surface area contributed by atoms with Crippen LogP contribution in [0, 0.1) is 5.92 Å². The van der Waals surface area contributed by atoms with Crippen LogP contribution in [0.2, 0.25) is 0 Å². The van der Waals surface area contributed by atoms with Gasteiger partial charge in [-0.25, -0.2) is 0 Å². The Morgan fingerprint density at radius 2 is 2.00 bits per heavy atom. The molecule has 2 aliphatic rings. The van der Waals surface area contributed by atoms with Crippen LogP contribution in [0.5, 0.6) is 0 Å². The van der Waals surface area contributed by atoms with Crippen LogP contribution >= 0.6 is 0 Å². The molecule has 0 spiro atoms. The lowest BCUT2D eigenvalue weighted by Gasteiger charge is -2.46. The Bertz CT molecular complexity index is 316.